The number of nitrogens with zero attached hydrogens (tertiary/aromatic N) is 1. The third-order valence-corrected chi connectivity index (χ3v) is 3.16. The quantitative estimate of drug-likeness (QED) is 0.318. The fraction of sp³-hybridized carbons (Fsp3) is 0.455. The molecule has 1 aromatic carbocycles. The molecule has 7 heteroatoms. The zero-order valence-electron chi connectivity index (χ0n) is 10.1. The SMILES string of the molecule is COCCNCCNc1ccc([N+](=O)[O-])cc1I. The number of halogens is 1. The first kappa shape index (κ1) is 15.1. The fourth-order valence-corrected chi connectivity index (χ4v) is 2.04. The van der Waals surface area contributed by atoms with Gasteiger partial charge in [-0.3, -0.25) is 10.1 Å². The van der Waals surface area contributed by atoms with Gasteiger partial charge in [-0.2, -0.15) is 0 Å². The van der Waals surface area contributed by atoms with E-state index in [0.717, 1.165) is 28.9 Å². The lowest BCUT2D eigenvalue weighted by Crippen LogP contribution is -2.25. The second-order valence-electron chi connectivity index (χ2n) is 3.59. The number of methoxy groups -OCH3 is 1. The van der Waals surface area contributed by atoms with Crippen LogP contribution in [0.25, 0.3) is 0 Å². The summed E-state index contributed by atoms with van der Waals surface area (Å²) in [6, 6.07) is 4.79. The van der Waals surface area contributed by atoms with Gasteiger partial charge in [0.05, 0.1) is 11.5 Å². The molecule has 0 atom stereocenters. The van der Waals surface area contributed by atoms with E-state index in [2.05, 4.69) is 33.2 Å². The second kappa shape index (κ2) is 8.22. The minimum absolute atomic E-state index is 0.114. The van der Waals surface area contributed by atoms with E-state index < -0.39 is 4.92 Å². The Bertz CT molecular complexity index is 401. The van der Waals surface area contributed by atoms with Crippen LogP contribution >= 0.6 is 22.6 Å². The molecule has 100 valence electrons. The van der Waals surface area contributed by atoms with Crippen LogP contribution in [0.4, 0.5) is 11.4 Å². The minimum Gasteiger partial charge on any atom is -0.383 e. The first-order valence-corrected chi connectivity index (χ1v) is 6.60. The standard InChI is InChI=1S/C11H16IN3O3/c1-18-7-6-13-4-5-14-11-3-2-9(15(16)17)8-10(11)12/h2-3,8,13-14H,4-7H2,1H3. The molecule has 0 aliphatic rings. The number of rotatable bonds is 8. The van der Waals surface area contributed by atoms with Crippen molar-refractivity contribution in [2.24, 2.45) is 0 Å². The summed E-state index contributed by atoms with van der Waals surface area (Å²) in [7, 11) is 1.67. The van der Waals surface area contributed by atoms with Crippen molar-refractivity contribution < 1.29 is 9.66 Å². The number of hydrogen-bond acceptors (Lipinski definition) is 5. The zero-order chi connectivity index (χ0) is 13.4. The Morgan fingerprint density at radius 3 is 2.78 bits per heavy atom. The van der Waals surface area contributed by atoms with Gasteiger partial charge in [-0.1, -0.05) is 0 Å². The maximum Gasteiger partial charge on any atom is 0.270 e. The van der Waals surface area contributed by atoms with Crippen molar-refractivity contribution in [2.45, 2.75) is 0 Å². The Hall–Kier alpha value is -0.930. The van der Waals surface area contributed by atoms with Crippen LogP contribution in [0.15, 0.2) is 18.2 Å². The minimum atomic E-state index is -0.391. The van der Waals surface area contributed by atoms with Crippen molar-refractivity contribution in [1.82, 2.24) is 5.32 Å². The highest BCUT2D eigenvalue weighted by Crippen LogP contribution is 2.23. The molecule has 1 aromatic rings. The molecule has 0 saturated carbocycles. The summed E-state index contributed by atoms with van der Waals surface area (Å²) >= 11 is 2.09. The molecule has 6 nitrogen and oxygen atoms in total. The molecule has 0 radical (unpaired) electrons. The van der Waals surface area contributed by atoms with Crippen molar-refractivity contribution in [3.05, 3.63) is 31.9 Å². The van der Waals surface area contributed by atoms with Crippen LogP contribution in [0.3, 0.4) is 0 Å². The van der Waals surface area contributed by atoms with E-state index in [9.17, 15) is 10.1 Å². The average molecular weight is 365 g/mol. The van der Waals surface area contributed by atoms with E-state index in [-0.39, 0.29) is 5.69 Å². The van der Waals surface area contributed by atoms with Crippen LogP contribution in [0.5, 0.6) is 0 Å². The van der Waals surface area contributed by atoms with Gasteiger partial charge in [0.2, 0.25) is 0 Å². The van der Waals surface area contributed by atoms with E-state index in [1.165, 1.54) is 6.07 Å². The summed E-state index contributed by atoms with van der Waals surface area (Å²) in [6.07, 6.45) is 0. The Morgan fingerprint density at radius 1 is 1.39 bits per heavy atom. The molecular formula is C11H16IN3O3. The molecule has 0 fully saturated rings. The highest BCUT2D eigenvalue weighted by Gasteiger charge is 2.08. The van der Waals surface area contributed by atoms with E-state index in [1.807, 2.05) is 0 Å². The number of anilines is 1. The lowest BCUT2D eigenvalue weighted by Gasteiger charge is -2.09. The van der Waals surface area contributed by atoms with Gasteiger partial charge < -0.3 is 15.4 Å². The monoisotopic (exact) mass is 365 g/mol. The largest absolute Gasteiger partial charge is 0.383 e. The van der Waals surface area contributed by atoms with E-state index in [4.69, 9.17) is 4.74 Å². The van der Waals surface area contributed by atoms with Crippen molar-refractivity contribution >= 4 is 34.0 Å². The topological polar surface area (TPSA) is 76.4 Å². The molecule has 0 saturated heterocycles. The van der Waals surface area contributed by atoms with Crippen molar-refractivity contribution in [2.75, 3.05) is 38.7 Å². The molecule has 1 rings (SSSR count). The molecule has 0 aromatic heterocycles. The summed E-state index contributed by atoms with van der Waals surface area (Å²) in [4.78, 5) is 10.2. The predicted octanol–water partition coefficient (Wildman–Crippen LogP) is 1.85. The van der Waals surface area contributed by atoms with Crippen LogP contribution < -0.4 is 10.6 Å². The number of nitro groups is 1. The zero-order valence-corrected chi connectivity index (χ0v) is 12.3. The van der Waals surface area contributed by atoms with Gasteiger partial charge in [-0.05, 0) is 28.7 Å². The van der Waals surface area contributed by atoms with Crippen LogP contribution in [-0.4, -0.2) is 38.3 Å². The summed E-state index contributed by atoms with van der Waals surface area (Å²) in [5.74, 6) is 0. The molecule has 0 unspecified atom stereocenters. The lowest BCUT2D eigenvalue weighted by atomic mass is 10.3. The Balaban J connectivity index is 2.36. The molecule has 0 spiro atoms. The maximum absolute atomic E-state index is 10.6. The van der Waals surface area contributed by atoms with Crippen molar-refractivity contribution in [1.29, 1.82) is 0 Å². The smallest absolute Gasteiger partial charge is 0.270 e. The Labute approximate surface area is 119 Å². The number of non-ortho nitro benzene ring substituents is 1. The van der Waals surface area contributed by atoms with Gasteiger partial charge in [0, 0.05) is 48.1 Å². The van der Waals surface area contributed by atoms with Crippen LogP contribution in [0.1, 0.15) is 0 Å². The molecular weight excluding hydrogens is 349 g/mol. The lowest BCUT2D eigenvalue weighted by molar-refractivity contribution is -0.384. The number of nitrogens with one attached hydrogen (secondary N) is 2. The van der Waals surface area contributed by atoms with Crippen molar-refractivity contribution in [3.63, 3.8) is 0 Å². The number of benzene rings is 1. The van der Waals surface area contributed by atoms with Crippen molar-refractivity contribution in [3.8, 4) is 0 Å². The third kappa shape index (κ3) is 5.15. The molecule has 0 bridgehead atoms. The summed E-state index contributed by atoms with van der Waals surface area (Å²) in [6.45, 7) is 3.08. The van der Waals surface area contributed by atoms with E-state index in [0.29, 0.717) is 6.61 Å². The van der Waals surface area contributed by atoms with E-state index in [1.54, 1.807) is 19.2 Å². The van der Waals surface area contributed by atoms with Crippen LogP contribution in [-0.2, 0) is 4.74 Å². The first-order chi connectivity index (χ1) is 8.65. The number of hydrogen-bond donors (Lipinski definition) is 2. The van der Waals surface area contributed by atoms with Gasteiger partial charge in [0.15, 0.2) is 0 Å². The highest BCUT2D eigenvalue weighted by atomic mass is 127. The third-order valence-electron chi connectivity index (χ3n) is 2.26. The average Bonchev–Trinajstić information content (AvgIpc) is 2.35. The predicted molar refractivity (Wildman–Crippen MR) is 79.0 cm³/mol. The molecule has 0 heterocycles. The van der Waals surface area contributed by atoms with Gasteiger partial charge in [0.25, 0.3) is 5.69 Å². The number of ether oxygens (including phenoxy) is 1. The van der Waals surface area contributed by atoms with E-state index >= 15 is 0 Å². The van der Waals surface area contributed by atoms with Gasteiger partial charge in [0.1, 0.15) is 0 Å². The number of nitro benzene ring substituents is 1. The van der Waals surface area contributed by atoms with Gasteiger partial charge in [-0.15, -0.1) is 0 Å². The van der Waals surface area contributed by atoms with Crippen LogP contribution in [0, 0.1) is 13.7 Å². The summed E-state index contributed by atoms with van der Waals surface area (Å²) in [5, 5.41) is 17.0. The van der Waals surface area contributed by atoms with Crippen LogP contribution in [0.2, 0.25) is 0 Å². The fourth-order valence-electron chi connectivity index (χ4n) is 1.35. The molecule has 2 N–H and O–H groups in total. The van der Waals surface area contributed by atoms with Gasteiger partial charge in [-0.25, -0.2) is 0 Å². The molecule has 18 heavy (non-hydrogen) atoms. The maximum atomic E-state index is 10.6. The summed E-state index contributed by atoms with van der Waals surface area (Å²) < 4.78 is 5.76. The molecule has 0 aliphatic carbocycles. The molecule has 0 aliphatic heterocycles. The normalized spacial score (nSPS) is 10.3. The Kier molecular flexibility index (Phi) is 6.91. The highest BCUT2D eigenvalue weighted by molar-refractivity contribution is 14.1. The first-order valence-electron chi connectivity index (χ1n) is 5.52. The Morgan fingerprint density at radius 2 is 2.17 bits per heavy atom. The second-order valence-corrected chi connectivity index (χ2v) is 4.75. The summed E-state index contributed by atoms with van der Waals surface area (Å²) in [5.41, 5.74) is 1.03. The van der Waals surface area contributed by atoms with Gasteiger partial charge >= 0.3 is 0 Å². The molecule has 0 amide bonds.